The summed E-state index contributed by atoms with van der Waals surface area (Å²) in [5, 5.41) is 30.8. The van der Waals surface area contributed by atoms with Gasteiger partial charge in [0.15, 0.2) is 11.5 Å². The number of phenolic OH excluding ortho intramolecular Hbond substituents is 2. The Balaban J connectivity index is 1.76. The zero-order chi connectivity index (χ0) is 28.2. The van der Waals surface area contributed by atoms with E-state index >= 15 is 0 Å². The van der Waals surface area contributed by atoms with E-state index in [0.717, 1.165) is 57.8 Å². The lowest BCUT2D eigenvalue weighted by atomic mass is 9.94. The standard InChI is InChI=1S/C31H42O8/c1-3-5-7-9-11-13-29(35)37-26-16-15-21(17-28(26)38-30(36)14-12-10-8-6-4-2)31-25(34)20-23-24(33)18-22(32)19-27(23)39-31/h15-19,25,31-34H,3-14,20H2,1-2H3/t25-,31?/m1/s1. The van der Waals surface area contributed by atoms with E-state index < -0.39 is 24.1 Å². The van der Waals surface area contributed by atoms with Crippen molar-refractivity contribution < 1.29 is 39.1 Å². The van der Waals surface area contributed by atoms with Gasteiger partial charge in [-0.05, 0) is 30.5 Å². The Kier molecular flexibility index (Phi) is 11.9. The summed E-state index contributed by atoms with van der Waals surface area (Å²) in [5.41, 5.74) is 0.900. The molecule has 0 spiro atoms. The number of ether oxygens (including phenoxy) is 3. The normalized spacial score (nSPS) is 16.3. The Morgan fingerprint density at radius 2 is 1.41 bits per heavy atom. The second-order valence-electron chi connectivity index (χ2n) is 10.2. The lowest BCUT2D eigenvalue weighted by molar-refractivity contribution is -0.137. The molecule has 0 bridgehead atoms. The number of benzene rings is 2. The first-order valence-corrected chi connectivity index (χ1v) is 14.3. The number of carbonyl (C=O) groups is 2. The van der Waals surface area contributed by atoms with Gasteiger partial charge in [-0.2, -0.15) is 0 Å². The van der Waals surface area contributed by atoms with Crippen molar-refractivity contribution in [1.29, 1.82) is 0 Å². The highest BCUT2D eigenvalue weighted by atomic mass is 16.6. The largest absolute Gasteiger partial charge is 0.508 e. The highest BCUT2D eigenvalue weighted by Gasteiger charge is 2.33. The van der Waals surface area contributed by atoms with Gasteiger partial charge in [0.05, 0.1) is 6.10 Å². The minimum absolute atomic E-state index is 0.0887. The van der Waals surface area contributed by atoms with Gasteiger partial charge in [0.25, 0.3) is 0 Å². The molecule has 0 radical (unpaired) electrons. The summed E-state index contributed by atoms with van der Waals surface area (Å²) in [6.07, 6.45) is 8.70. The molecule has 0 saturated heterocycles. The highest BCUT2D eigenvalue weighted by Crippen LogP contribution is 2.43. The van der Waals surface area contributed by atoms with Gasteiger partial charge in [-0.25, -0.2) is 0 Å². The van der Waals surface area contributed by atoms with Crippen LogP contribution >= 0.6 is 0 Å². The maximum Gasteiger partial charge on any atom is 0.311 e. The number of aliphatic hydroxyl groups excluding tert-OH is 1. The van der Waals surface area contributed by atoms with Crippen LogP contribution < -0.4 is 14.2 Å². The average molecular weight is 543 g/mol. The van der Waals surface area contributed by atoms with Crippen molar-refractivity contribution in [3.63, 3.8) is 0 Å². The van der Waals surface area contributed by atoms with Gasteiger partial charge in [0.1, 0.15) is 23.4 Å². The molecule has 0 amide bonds. The number of unbranched alkanes of at least 4 members (excludes halogenated alkanes) is 8. The van der Waals surface area contributed by atoms with E-state index in [-0.39, 0.29) is 48.0 Å². The number of carbonyl (C=O) groups excluding carboxylic acids is 2. The van der Waals surface area contributed by atoms with Gasteiger partial charge in [-0.15, -0.1) is 0 Å². The van der Waals surface area contributed by atoms with Gasteiger partial charge < -0.3 is 29.5 Å². The van der Waals surface area contributed by atoms with Crippen LogP contribution in [-0.4, -0.2) is 33.4 Å². The molecule has 214 valence electrons. The van der Waals surface area contributed by atoms with Crippen molar-refractivity contribution in [3.05, 3.63) is 41.5 Å². The fraction of sp³-hybridized carbons (Fsp3) is 0.548. The van der Waals surface area contributed by atoms with E-state index in [1.54, 1.807) is 18.2 Å². The van der Waals surface area contributed by atoms with Crippen LogP contribution in [0.5, 0.6) is 28.7 Å². The number of fused-ring (bicyclic) bond motifs is 1. The molecule has 1 aliphatic heterocycles. The quantitative estimate of drug-likeness (QED) is 0.130. The van der Waals surface area contributed by atoms with Gasteiger partial charge in [0, 0.05) is 37.0 Å². The van der Waals surface area contributed by atoms with E-state index in [2.05, 4.69) is 13.8 Å². The number of aromatic hydroxyl groups is 2. The summed E-state index contributed by atoms with van der Waals surface area (Å²) in [5.74, 6) is -0.661. The number of rotatable bonds is 15. The molecular formula is C31H42O8. The maximum atomic E-state index is 12.6. The molecule has 2 aromatic rings. The molecule has 3 N–H and O–H groups in total. The van der Waals surface area contributed by atoms with Crippen LogP contribution in [0.1, 0.15) is 108 Å². The van der Waals surface area contributed by atoms with Gasteiger partial charge >= 0.3 is 11.9 Å². The van der Waals surface area contributed by atoms with Gasteiger partial charge in [-0.1, -0.05) is 71.3 Å². The van der Waals surface area contributed by atoms with Gasteiger partial charge in [-0.3, -0.25) is 9.59 Å². The summed E-state index contributed by atoms with van der Waals surface area (Å²) in [6, 6.07) is 7.31. The summed E-state index contributed by atoms with van der Waals surface area (Å²) in [7, 11) is 0. The number of hydrogen-bond acceptors (Lipinski definition) is 8. The topological polar surface area (TPSA) is 123 Å². The third-order valence-electron chi connectivity index (χ3n) is 6.90. The molecule has 8 heteroatoms. The molecule has 0 aliphatic carbocycles. The van der Waals surface area contributed by atoms with E-state index in [1.165, 1.54) is 12.1 Å². The van der Waals surface area contributed by atoms with Crippen LogP contribution in [-0.2, 0) is 16.0 Å². The average Bonchev–Trinajstić information content (AvgIpc) is 2.89. The molecule has 1 aliphatic rings. The Hall–Kier alpha value is -3.26. The van der Waals surface area contributed by atoms with Crippen molar-refractivity contribution in [2.24, 2.45) is 0 Å². The first-order chi connectivity index (χ1) is 18.8. The summed E-state index contributed by atoms with van der Waals surface area (Å²) >= 11 is 0. The Morgan fingerprint density at radius 3 is 2.03 bits per heavy atom. The van der Waals surface area contributed by atoms with E-state index in [9.17, 15) is 24.9 Å². The summed E-state index contributed by atoms with van der Waals surface area (Å²) in [6.45, 7) is 4.27. The third-order valence-corrected chi connectivity index (χ3v) is 6.90. The van der Waals surface area contributed by atoms with Crippen LogP contribution in [0.15, 0.2) is 30.3 Å². The van der Waals surface area contributed by atoms with E-state index in [0.29, 0.717) is 17.5 Å². The molecule has 2 atom stereocenters. The minimum atomic E-state index is -1.01. The van der Waals surface area contributed by atoms with Crippen LogP contribution in [0.3, 0.4) is 0 Å². The maximum absolute atomic E-state index is 12.6. The zero-order valence-corrected chi connectivity index (χ0v) is 23.1. The smallest absolute Gasteiger partial charge is 0.311 e. The number of esters is 2. The first-order valence-electron chi connectivity index (χ1n) is 14.3. The van der Waals surface area contributed by atoms with Crippen LogP contribution in [0, 0.1) is 0 Å². The molecule has 0 aromatic heterocycles. The zero-order valence-electron chi connectivity index (χ0n) is 23.1. The van der Waals surface area contributed by atoms with E-state index in [1.807, 2.05) is 0 Å². The molecule has 1 unspecified atom stereocenters. The SMILES string of the molecule is CCCCCCCC(=O)Oc1ccc(C2Oc3cc(O)cc(O)c3C[C@H]2O)cc1OC(=O)CCCCCCC. The number of phenols is 2. The van der Waals surface area contributed by atoms with Crippen LogP contribution in [0.25, 0.3) is 0 Å². The lowest BCUT2D eigenvalue weighted by Gasteiger charge is -2.31. The lowest BCUT2D eigenvalue weighted by Crippen LogP contribution is -2.30. The Morgan fingerprint density at radius 1 is 0.821 bits per heavy atom. The Labute approximate surface area is 230 Å². The monoisotopic (exact) mass is 542 g/mol. The second kappa shape index (κ2) is 15.4. The third kappa shape index (κ3) is 9.17. The molecule has 1 heterocycles. The predicted molar refractivity (Wildman–Crippen MR) is 147 cm³/mol. The van der Waals surface area contributed by atoms with Crippen molar-refractivity contribution in [2.45, 2.75) is 110 Å². The molecule has 0 saturated carbocycles. The number of hydrogen-bond donors (Lipinski definition) is 3. The van der Waals surface area contributed by atoms with E-state index in [4.69, 9.17) is 14.2 Å². The van der Waals surface area contributed by atoms with Crippen LogP contribution in [0.4, 0.5) is 0 Å². The molecule has 0 fully saturated rings. The second-order valence-corrected chi connectivity index (χ2v) is 10.2. The fourth-order valence-corrected chi connectivity index (χ4v) is 4.71. The highest BCUT2D eigenvalue weighted by molar-refractivity contribution is 5.76. The Bertz CT molecular complexity index is 1100. The summed E-state index contributed by atoms with van der Waals surface area (Å²) < 4.78 is 17.2. The molecule has 8 nitrogen and oxygen atoms in total. The molecule has 2 aromatic carbocycles. The summed E-state index contributed by atoms with van der Waals surface area (Å²) in [4.78, 5) is 25.2. The van der Waals surface area contributed by atoms with Gasteiger partial charge in [0.2, 0.25) is 0 Å². The van der Waals surface area contributed by atoms with Crippen molar-refractivity contribution in [3.8, 4) is 28.7 Å². The van der Waals surface area contributed by atoms with Crippen molar-refractivity contribution in [2.75, 3.05) is 0 Å². The van der Waals surface area contributed by atoms with Crippen molar-refractivity contribution >= 4 is 11.9 Å². The number of aliphatic hydroxyl groups is 1. The van der Waals surface area contributed by atoms with Crippen LogP contribution in [0.2, 0.25) is 0 Å². The van der Waals surface area contributed by atoms with Crippen molar-refractivity contribution in [1.82, 2.24) is 0 Å². The minimum Gasteiger partial charge on any atom is -0.508 e. The molecule has 3 rings (SSSR count). The molecular weight excluding hydrogens is 500 g/mol. The molecule has 39 heavy (non-hydrogen) atoms. The fourth-order valence-electron chi connectivity index (χ4n) is 4.71. The first kappa shape index (κ1) is 30.3. The predicted octanol–water partition coefficient (Wildman–Crippen LogP) is 6.67.